The number of carbonyl (C=O) groups is 1. The van der Waals surface area contributed by atoms with E-state index in [-0.39, 0.29) is 23.1 Å². The summed E-state index contributed by atoms with van der Waals surface area (Å²) in [5.74, 6) is 1.89. The van der Waals surface area contributed by atoms with E-state index in [0.29, 0.717) is 6.54 Å². The van der Waals surface area contributed by atoms with Crippen molar-refractivity contribution in [3.8, 4) is 11.1 Å². The Bertz CT molecular complexity index is 1110. The van der Waals surface area contributed by atoms with Gasteiger partial charge in [-0.2, -0.15) is 11.8 Å². The van der Waals surface area contributed by atoms with Gasteiger partial charge in [0.05, 0.1) is 6.04 Å². The van der Waals surface area contributed by atoms with Gasteiger partial charge in [-0.1, -0.05) is 48.5 Å². The van der Waals surface area contributed by atoms with Crippen LogP contribution in [0.4, 0.5) is 0 Å². The average Bonchev–Trinajstić information content (AvgIpc) is 3.08. The van der Waals surface area contributed by atoms with Gasteiger partial charge >= 0.3 is 0 Å². The second-order valence-corrected chi connectivity index (χ2v) is 8.92. The number of amides is 1. The monoisotopic (exact) mass is 417 g/mol. The van der Waals surface area contributed by atoms with Crippen LogP contribution in [0.2, 0.25) is 0 Å². The Morgan fingerprint density at radius 2 is 1.60 bits per heavy atom. The molecule has 1 aliphatic carbocycles. The lowest BCUT2D eigenvalue weighted by Gasteiger charge is -2.25. The van der Waals surface area contributed by atoms with Crippen LogP contribution in [0.5, 0.6) is 0 Å². The smallest absolute Gasteiger partial charge is 0.261 e. The molecule has 2 heterocycles. The van der Waals surface area contributed by atoms with Crippen molar-refractivity contribution < 1.29 is 4.79 Å². The van der Waals surface area contributed by atoms with Gasteiger partial charge in [0.15, 0.2) is 0 Å². The maximum absolute atomic E-state index is 13.0. The van der Waals surface area contributed by atoms with Gasteiger partial charge in [-0.15, -0.1) is 0 Å². The number of H-pyrrole nitrogens is 1. The number of rotatable bonds is 4. The second kappa shape index (κ2) is 8.13. The maximum atomic E-state index is 13.0. The molecule has 6 heteroatoms. The highest BCUT2D eigenvalue weighted by atomic mass is 32.2. The van der Waals surface area contributed by atoms with Gasteiger partial charge in [0.25, 0.3) is 11.5 Å². The number of nitrogens with one attached hydrogen (secondary N) is 2. The van der Waals surface area contributed by atoms with Crippen LogP contribution in [0.3, 0.4) is 0 Å². The molecule has 2 aromatic carbocycles. The Labute approximate surface area is 179 Å². The molecular weight excluding hydrogens is 394 g/mol. The Morgan fingerprint density at radius 1 is 0.967 bits per heavy atom. The van der Waals surface area contributed by atoms with E-state index in [4.69, 9.17) is 0 Å². The molecule has 0 spiro atoms. The first-order valence-electron chi connectivity index (χ1n) is 10.2. The van der Waals surface area contributed by atoms with Crippen LogP contribution in [-0.2, 0) is 6.54 Å². The third-order valence-corrected chi connectivity index (χ3v) is 6.76. The number of nitrogens with zero attached hydrogens (tertiary/aromatic N) is 1. The van der Waals surface area contributed by atoms with Crippen LogP contribution in [0.15, 0.2) is 65.5 Å². The summed E-state index contributed by atoms with van der Waals surface area (Å²) >= 11 is 1.96. The largest absolute Gasteiger partial charge is 0.341 e. The Balaban J connectivity index is 1.37. The minimum atomic E-state index is -0.353. The molecule has 30 heavy (non-hydrogen) atoms. The molecule has 1 amide bonds. The number of pyridine rings is 1. The number of benzene rings is 2. The van der Waals surface area contributed by atoms with Crippen LogP contribution in [0.25, 0.3) is 11.1 Å². The van der Waals surface area contributed by atoms with Gasteiger partial charge in [-0.3, -0.25) is 14.5 Å². The molecule has 2 N–H and O–H groups in total. The van der Waals surface area contributed by atoms with Gasteiger partial charge in [0, 0.05) is 36.8 Å². The van der Waals surface area contributed by atoms with Gasteiger partial charge < -0.3 is 10.3 Å². The van der Waals surface area contributed by atoms with Gasteiger partial charge in [0.1, 0.15) is 5.56 Å². The summed E-state index contributed by atoms with van der Waals surface area (Å²) in [7, 11) is 0. The minimum Gasteiger partial charge on any atom is -0.341 e. The number of fused-ring (bicyclic) bond motifs is 3. The van der Waals surface area contributed by atoms with Gasteiger partial charge in [-0.05, 0) is 34.4 Å². The first-order chi connectivity index (χ1) is 14.7. The van der Waals surface area contributed by atoms with Gasteiger partial charge in [0.2, 0.25) is 0 Å². The van der Waals surface area contributed by atoms with E-state index < -0.39 is 0 Å². The lowest BCUT2D eigenvalue weighted by molar-refractivity contribution is 0.0942. The number of aromatic nitrogens is 1. The predicted molar refractivity (Wildman–Crippen MR) is 121 cm³/mol. The Hall–Kier alpha value is -2.83. The lowest BCUT2D eigenvalue weighted by atomic mass is 10.0. The van der Waals surface area contributed by atoms with Crippen molar-refractivity contribution in [2.45, 2.75) is 12.6 Å². The zero-order valence-corrected chi connectivity index (χ0v) is 17.4. The molecule has 152 valence electrons. The highest BCUT2D eigenvalue weighted by Gasteiger charge is 2.29. The normalized spacial score (nSPS) is 16.1. The first-order valence-corrected chi connectivity index (χ1v) is 11.4. The van der Waals surface area contributed by atoms with Crippen molar-refractivity contribution in [1.29, 1.82) is 0 Å². The quantitative estimate of drug-likeness (QED) is 0.683. The molecule has 2 aliphatic rings. The molecule has 0 saturated carbocycles. The van der Waals surface area contributed by atoms with Crippen LogP contribution in [-0.4, -0.2) is 40.4 Å². The number of carbonyl (C=O) groups excluding carboxylic acids is 1. The summed E-state index contributed by atoms with van der Waals surface area (Å²) in [4.78, 5) is 30.9. The first kappa shape index (κ1) is 19.2. The van der Waals surface area contributed by atoms with E-state index in [1.807, 2.05) is 54.2 Å². The van der Waals surface area contributed by atoms with Crippen molar-refractivity contribution in [2.24, 2.45) is 0 Å². The number of hydrogen-bond donors (Lipinski definition) is 2. The molecule has 1 fully saturated rings. The molecule has 3 aromatic rings. The molecule has 1 saturated heterocycles. The van der Waals surface area contributed by atoms with Crippen LogP contribution in [0, 0.1) is 0 Å². The predicted octanol–water partition coefficient (Wildman–Crippen LogP) is 3.42. The third kappa shape index (κ3) is 3.57. The molecular formula is C24H23N3O2S. The second-order valence-electron chi connectivity index (χ2n) is 7.70. The number of thioether (sulfide) groups is 1. The molecule has 0 unspecified atom stereocenters. The lowest BCUT2D eigenvalue weighted by Crippen LogP contribution is -2.35. The van der Waals surface area contributed by atoms with Crippen molar-refractivity contribution in [1.82, 2.24) is 15.2 Å². The van der Waals surface area contributed by atoms with Gasteiger partial charge in [-0.25, -0.2) is 0 Å². The zero-order chi connectivity index (χ0) is 20.5. The van der Waals surface area contributed by atoms with Crippen molar-refractivity contribution in [3.63, 3.8) is 0 Å². The Morgan fingerprint density at radius 3 is 2.23 bits per heavy atom. The van der Waals surface area contributed by atoms with E-state index in [2.05, 4.69) is 27.3 Å². The fourth-order valence-corrected chi connectivity index (χ4v) is 5.28. The van der Waals surface area contributed by atoms with Crippen molar-refractivity contribution in [2.75, 3.05) is 24.6 Å². The standard InChI is InChI=1S/C24H23N3O2S/c28-23-21(10-9-16(25-23)15-27-11-13-30-14-12-27)24(29)26-22-19-7-3-1-5-17(19)18-6-2-4-8-20(18)22/h1-10,22H,11-15H2,(H,25,28)(H,26,29). The summed E-state index contributed by atoms with van der Waals surface area (Å²) in [6.45, 7) is 2.76. The van der Waals surface area contributed by atoms with Crippen LogP contribution in [0.1, 0.15) is 33.2 Å². The highest BCUT2D eigenvalue weighted by molar-refractivity contribution is 7.99. The molecule has 5 nitrogen and oxygen atoms in total. The van der Waals surface area contributed by atoms with Crippen LogP contribution >= 0.6 is 11.8 Å². The van der Waals surface area contributed by atoms with Crippen molar-refractivity contribution in [3.05, 3.63) is 93.4 Å². The van der Waals surface area contributed by atoms with E-state index >= 15 is 0 Å². The summed E-state index contributed by atoms with van der Waals surface area (Å²) in [5, 5.41) is 3.08. The Kier molecular flexibility index (Phi) is 5.19. The summed E-state index contributed by atoms with van der Waals surface area (Å²) in [5.41, 5.74) is 5.03. The average molecular weight is 418 g/mol. The summed E-state index contributed by atoms with van der Waals surface area (Å²) in [6.07, 6.45) is 0. The molecule has 0 radical (unpaired) electrons. The SMILES string of the molecule is O=C(NC1c2ccccc2-c2ccccc21)c1ccc(CN2CCSCC2)[nH]c1=O. The van der Waals surface area contributed by atoms with Crippen LogP contribution < -0.4 is 10.9 Å². The van der Waals surface area contributed by atoms with E-state index in [0.717, 1.165) is 52.5 Å². The van der Waals surface area contributed by atoms with E-state index in [1.165, 1.54) is 0 Å². The van der Waals surface area contributed by atoms with E-state index in [1.54, 1.807) is 6.07 Å². The third-order valence-electron chi connectivity index (χ3n) is 5.82. The number of hydrogen-bond acceptors (Lipinski definition) is 4. The minimum absolute atomic E-state index is 0.148. The fraction of sp³-hybridized carbons (Fsp3) is 0.250. The topological polar surface area (TPSA) is 65.2 Å². The molecule has 1 aliphatic heterocycles. The highest BCUT2D eigenvalue weighted by Crippen LogP contribution is 2.43. The van der Waals surface area contributed by atoms with Crippen molar-refractivity contribution >= 4 is 17.7 Å². The summed E-state index contributed by atoms with van der Waals surface area (Å²) in [6, 6.07) is 19.4. The zero-order valence-electron chi connectivity index (χ0n) is 16.6. The fourth-order valence-electron chi connectivity index (χ4n) is 4.31. The molecule has 0 bridgehead atoms. The molecule has 0 atom stereocenters. The molecule has 1 aromatic heterocycles. The molecule has 5 rings (SSSR count). The summed E-state index contributed by atoms with van der Waals surface area (Å²) < 4.78 is 0. The number of aromatic amines is 1. The maximum Gasteiger partial charge on any atom is 0.261 e. The van der Waals surface area contributed by atoms with E-state index in [9.17, 15) is 9.59 Å².